The normalized spacial score (nSPS) is 12.1. The molecule has 0 aliphatic rings. The van der Waals surface area contributed by atoms with E-state index in [1.807, 2.05) is 42.2 Å². The molecular formula is C40H37N5O9. The van der Waals surface area contributed by atoms with Crippen LogP contribution in [-0.4, -0.2) is 52.5 Å². The molecule has 0 fully saturated rings. The van der Waals surface area contributed by atoms with E-state index in [1.54, 1.807) is 80.6 Å². The van der Waals surface area contributed by atoms with Crippen molar-refractivity contribution in [1.82, 2.24) is 0 Å². The van der Waals surface area contributed by atoms with E-state index in [9.17, 15) is 24.0 Å². The van der Waals surface area contributed by atoms with E-state index in [0.29, 0.717) is 39.3 Å². The zero-order valence-corrected chi connectivity index (χ0v) is 30.6. The second-order valence-electron chi connectivity index (χ2n) is 11.7. The van der Waals surface area contributed by atoms with E-state index in [2.05, 4.69) is 20.6 Å². The number of carbonyl (C=O) groups excluding carboxylic acids is 5. The van der Waals surface area contributed by atoms with Crippen molar-refractivity contribution in [3.05, 3.63) is 125 Å². The summed E-state index contributed by atoms with van der Waals surface area (Å²) in [5.74, 6) is -2.70. The summed E-state index contributed by atoms with van der Waals surface area (Å²) in [5.41, 5.74) is 5.66. The molecule has 0 amide bonds. The van der Waals surface area contributed by atoms with Gasteiger partial charge in [-0.05, 0) is 74.9 Å². The monoisotopic (exact) mass is 731 g/mol. The average molecular weight is 732 g/mol. The number of anilines is 3. The molecule has 54 heavy (non-hydrogen) atoms. The summed E-state index contributed by atoms with van der Waals surface area (Å²) in [7, 11) is 0. The third kappa shape index (κ3) is 10.7. The summed E-state index contributed by atoms with van der Waals surface area (Å²) in [6.45, 7) is 9.78. The van der Waals surface area contributed by atoms with E-state index in [0.717, 1.165) is 5.56 Å². The Balaban J connectivity index is 1.81. The topological polar surface area (TPSA) is 175 Å². The highest BCUT2D eigenvalue weighted by molar-refractivity contribution is 6.48. The lowest BCUT2D eigenvalue weighted by molar-refractivity contribution is -0.142. The molecule has 0 spiro atoms. The molecule has 0 unspecified atom stereocenters. The molecule has 0 aliphatic heterocycles. The quantitative estimate of drug-likeness (QED) is 0.0596. The van der Waals surface area contributed by atoms with Crippen molar-refractivity contribution in [3.63, 3.8) is 0 Å². The molecule has 0 radical (unpaired) electrons. The number of carbonyl (C=O) groups is 5. The van der Waals surface area contributed by atoms with Crippen molar-refractivity contribution < 1.29 is 43.3 Å². The fraction of sp³-hybridized carbons (Fsp3) is 0.175. The van der Waals surface area contributed by atoms with Crippen LogP contribution in [0, 0.1) is 6.92 Å². The standard InChI is InChI=1S/C40H37N5O9/c1-24-10-8-9-11-37(24)40(50)33-16-22-36(23-17-33)45(34-18-12-31(13-19-34)38(43-53-29(6)48)25(2)41-51-27(4)46)35-20-14-32(15-21-35)39(44-54-30(7)49)26(3)42-52-28(5)47/h8-23H,1-7H3. The molecular weight excluding hydrogens is 694 g/mol. The highest BCUT2D eigenvalue weighted by Crippen LogP contribution is 2.35. The Labute approximate surface area is 311 Å². The molecule has 0 bridgehead atoms. The van der Waals surface area contributed by atoms with Crippen molar-refractivity contribution in [2.24, 2.45) is 20.6 Å². The number of benzene rings is 4. The second-order valence-corrected chi connectivity index (χ2v) is 11.7. The number of ketones is 1. The fourth-order valence-corrected chi connectivity index (χ4v) is 4.96. The molecule has 0 aliphatic carbocycles. The zero-order valence-electron chi connectivity index (χ0n) is 30.6. The number of aryl methyl sites for hydroxylation is 1. The predicted octanol–water partition coefficient (Wildman–Crippen LogP) is 7.11. The van der Waals surface area contributed by atoms with Crippen LogP contribution >= 0.6 is 0 Å². The largest absolute Gasteiger partial charge is 0.332 e. The Kier molecular flexibility index (Phi) is 13.5. The fourth-order valence-electron chi connectivity index (χ4n) is 4.96. The van der Waals surface area contributed by atoms with Gasteiger partial charge in [-0.1, -0.05) is 69.2 Å². The van der Waals surface area contributed by atoms with Crippen LogP contribution < -0.4 is 4.90 Å². The maximum atomic E-state index is 13.4. The van der Waals surface area contributed by atoms with Gasteiger partial charge in [-0.25, -0.2) is 19.2 Å². The third-order valence-corrected chi connectivity index (χ3v) is 7.41. The second kappa shape index (κ2) is 18.4. The maximum Gasteiger partial charge on any atom is 0.332 e. The molecule has 4 aromatic carbocycles. The Hall–Kier alpha value is -7.09. The summed E-state index contributed by atoms with van der Waals surface area (Å²) < 4.78 is 0. The van der Waals surface area contributed by atoms with Gasteiger partial charge in [0.1, 0.15) is 22.8 Å². The highest BCUT2D eigenvalue weighted by Gasteiger charge is 2.19. The number of hydrogen-bond donors (Lipinski definition) is 0. The van der Waals surface area contributed by atoms with Crippen LogP contribution in [0.5, 0.6) is 0 Å². The Morgan fingerprint density at radius 3 is 1.13 bits per heavy atom. The average Bonchev–Trinajstić information content (AvgIpc) is 3.14. The first-order chi connectivity index (χ1) is 25.7. The maximum absolute atomic E-state index is 13.4. The van der Waals surface area contributed by atoms with Crippen molar-refractivity contribution in [3.8, 4) is 0 Å². The van der Waals surface area contributed by atoms with Gasteiger partial charge in [-0.2, -0.15) is 0 Å². The number of hydrogen-bond acceptors (Lipinski definition) is 14. The molecule has 14 nitrogen and oxygen atoms in total. The lowest BCUT2D eigenvalue weighted by Crippen LogP contribution is -2.16. The molecule has 0 saturated heterocycles. The summed E-state index contributed by atoms with van der Waals surface area (Å²) in [6, 6.07) is 28.6. The summed E-state index contributed by atoms with van der Waals surface area (Å²) in [6.07, 6.45) is 0. The minimum absolute atomic E-state index is 0.115. The van der Waals surface area contributed by atoms with Crippen LogP contribution in [0.25, 0.3) is 0 Å². The van der Waals surface area contributed by atoms with Gasteiger partial charge in [0.05, 0.1) is 0 Å². The lowest BCUT2D eigenvalue weighted by atomic mass is 9.99. The highest BCUT2D eigenvalue weighted by atomic mass is 16.7. The van der Waals surface area contributed by atoms with Gasteiger partial charge in [0, 0.05) is 67.0 Å². The van der Waals surface area contributed by atoms with Gasteiger partial charge in [-0.15, -0.1) is 0 Å². The minimum Gasteiger partial charge on any atom is -0.318 e. The first kappa shape index (κ1) is 39.7. The first-order valence-corrected chi connectivity index (χ1v) is 16.4. The van der Waals surface area contributed by atoms with Crippen LogP contribution in [0.3, 0.4) is 0 Å². The summed E-state index contributed by atoms with van der Waals surface area (Å²) >= 11 is 0. The van der Waals surface area contributed by atoms with Crippen LogP contribution in [0.15, 0.2) is 118 Å². The Morgan fingerprint density at radius 2 is 0.778 bits per heavy atom. The van der Waals surface area contributed by atoms with Crippen LogP contribution in [0.2, 0.25) is 0 Å². The summed E-state index contributed by atoms with van der Waals surface area (Å²) in [5, 5.41) is 15.4. The number of nitrogens with zero attached hydrogens (tertiary/aromatic N) is 5. The van der Waals surface area contributed by atoms with Gasteiger partial charge < -0.3 is 24.3 Å². The van der Waals surface area contributed by atoms with Crippen molar-refractivity contribution in [2.75, 3.05) is 4.90 Å². The third-order valence-electron chi connectivity index (χ3n) is 7.41. The predicted molar refractivity (Wildman–Crippen MR) is 202 cm³/mol. The first-order valence-electron chi connectivity index (χ1n) is 16.4. The van der Waals surface area contributed by atoms with Gasteiger partial charge in [0.25, 0.3) is 0 Å². The van der Waals surface area contributed by atoms with E-state index in [-0.39, 0.29) is 28.6 Å². The molecule has 0 heterocycles. The Bertz CT molecular complexity index is 2070. The van der Waals surface area contributed by atoms with E-state index < -0.39 is 23.9 Å². The van der Waals surface area contributed by atoms with Crippen molar-refractivity contribution in [1.29, 1.82) is 0 Å². The van der Waals surface area contributed by atoms with Gasteiger partial charge in [-0.3, -0.25) is 4.79 Å². The van der Waals surface area contributed by atoms with Crippen molar-refractivity contribution >= 4 is 69.6 Å². The number of oxime groups is 4. The smallest absolute Gasteiger partial charge is 0.318 e. The van der Waals surface area contributed by atoms with E-state index >= 15 is 0 Å². The number of rotatable bonds is 13. The molecule has 0 saturated carbocycles. The molecule has 0 aromatic heterocycles. The molecule has 4 aromatic rings. The van der Waals surface area contributed by atoms with Gasteiger partial charge in [0.2, 0.25) is 0 Å². The van der Waals surface area contributed by atoms with Crippen LogP contribution in [0.4, 0.5) is 17.1 Å². The Morgan fingerprint density at radius 1 is 0.444 bits per heavy atom. The molecule has 14 heteroatoms. The molecule has 0 atom stereocenters. The van der Waals surface area contributed by atoms with Crippen molar-refractivity contribution in [2.45, 2.75) is 48.5 Å². The van der Waals surface area contributed by atoms with Crippen LogP contribution in [-0.2, 0) is 38.5 Å². The molecule has 276 valence electrons. The SMILES string of the molecule is CC(=O)ON=C(C)C(=NOC(C)=O)c1ccc(N(c2ccc(C(=O)c3ccccc3C)cc2)c2ccc(C(=NOC(C)=O)C(C)=NOC(C)=O)cc2)cc1. The van der Waals surface area contributed by atoms with Gasteiger partial charge in [0.15, 0.2) is 5.78 Å². The molecule has 4 rings (SSSR count). The lowest BCUT2D eigenvalue weighted by Gasteiger charge is -2.26. The summed E-state index contributed by atoms with van der Waals surface area (Å²) in [4.78, 5) is 80.6. The minimum atomic E-state index is -0.655. The van der Waals surface area contributed by atoms with E-state index in [1.165, 1.54) is 27.7 Å². The zero-order chi connectivity index (χ0) is 39.4. The molecule has 0 N–H and O–H groups in total. The van der Waals surface area contributed by atoms with Crippen LogP contribution in [0.1, 0.15) is 74.2 Å². The van der Waals surface area contributed by atoms with Gasteiger partial charge >= 0.3 is 23.9 Å². The van der Waals surface area contributed by atoms with E-state index in [4.69, 9.17) is 19.4 Å².